The van der Waals surface area contributed by atoms with Gasteiger partial charge < -0.3 is 10.1 Å². The highest BCUT2D eigenvalue weighted by Crippen LogP contribution is 2.24. The molecule has 0 bridgehead atoms. The van der Waals surface area contributed by atoms with Crippen LogP contribution < -0.4 is 5.32 Å². The van der Waals surface area contributed by atoms with Crippen molar-refractivity contribution in [3.63, 3.8) is 0 Å². The summed E-state index contributed by atoms with van der Waals surface area (Å²) < 4.78 is 31.1. The lowest BCUT2D eigenvalue weighted by molar-refractivity contribution is -0.142. The largest absolute Gasteiger partial charge is 0.461 e. The average Bonchev–Trinajstić information content (AvgIpc) is 2.70. The zero-order chi connectivity index (χ0) is 15.8. The van der Waals surface area contributed by atoms with Crippen molar-refractivity contribution in [1.82, 2.24) is 9.62 Å². The maximum atomic E-state index is 12.2. The van der Waals surface area contributed by atoms with Crippen molar-refractivity contribution in [3.05, 3.63) is 0 Å². The van der Waals surface area contributed by atoms with Crippen LogP contribution in [0.15, 0.2) is 0 Å². The van der Waals surface area contributed by atoms with E-state index in [-0.39, 0.29) is 35.3 Å². The lowest BCUT2D eigenvalue weighted by atomic mass is 9.94. The summed E-state index contributed by atoms with van der Waals surface area (Å²) in [5.74, 6) is -0.0112. The summed E-state index contributed by atoms with van der Waals surface area (Å²) in [4.78, 5) is 11.7. The second-order valence-corrected chi connectivity index (χ2v) is 9.02. The Bertz CT molecular complexity index is 491. The van der Waals surface area contributed by atoms with Crippen LogP contribution in [0.25, 0.3) is 0 Å². The summed E-state index contributed by atoms with van der Waals surface area (Å²) in [6, 6.07) is -0.0906. The van der Waals surface area contributed by atoms with Gasteiger partial charge in [0.25, 0.3) is 0 Å². The third-order valence-corrected chi connectivity index (χ3v) is 6.65. The van der Waals surface area contributed by atoms with Crippen molar-refractivity contribution >= 4 is 16.0 Å². The summed E-state index contributed by atoms with van der Waals surface area (Å²) in [5.41, 5.74) is 0. The molecule has 2 saturated heterocycles. The summed E-state index contributed by atoms with van der Waals surface area (Å²) in [6.45, 7) is 8.36. The highest BCUT2D eigenvalue weighted by molar-refractivity contribution is 7.89. The third kappa shape index (κ3) is 3.57. The quantitative estimate of drug-likeness (QED) is 0.773. The van der Waals surface area contributed by atoms with Crippen LogP contribution in [0.3, 0.4) is 0 Å². The van der Waals surface area contributed by atoms with E-state index in [9.17, 15) is 13.2 Å². The van der Waals surface area contributed by atoms with Gasteiger partial charge in [-0.3, -0.25) is 4.79 Å². The molecule has 122 valence electrons. The highest BCUT2D eigenvalue weighted by atomic mass is 32.2. The Labute approximate surface area is 127 Å². The molecule has 2 aliphatic rings. The van der Waals surface area contributed by atoms with Gasteiger partial charge in [-0.15, -0.1) is 0 Å². The molecule has 1 N–H and O–H groups in total. The molecule has 0 radical (unpaired) electrons. The Balaban J connectivity index is 1.94. The first-order valence-corrected chi connectivity index (χ1v) is 9.17. The van der Waals surface area contributed by atoms with Crippen LogP contribution in [0.5, 0.6) is 0 Å². The molecule has 0 amide bonds. The van der Waals surface area contributed by atoms with Gasteiger partial charge >= 0.3 is 5.97 Å². The first-order valence-electron chi connectivity index (χ1n) is 7.67. The number of nitrogens with one attached hydrogen (secondary N) is 1. The Morgan fingerprint density at radius 2 is 2.00 bits per heavy atom. The van der Waals surface area contributed by atoms with Gasteiger partial charge in [-0.25, -0.2) is 12.7 Å². The predicted octanol–water partition coefficient (Wildman–Crippen LogP) is 0.729. The van der Waals surface area contributed by atoms with Gasteiger partial charge in [0.05, 0.1) is 5.25 Å². The number of hydrogen-bond donors (Lipinski definition) is 1. The standard InChI is InChI=1S/C14H26N2O4S/c1-9(2)21(18,19)16-6-5-12(10(3)8-16)15-13-7-11(4)20-14(13)17/h9-13,15H,5-8H2,1-4H3/t10-,11+,12-,13-/m0/s1. The lowest BCUT2D eigenvalue weighted by Gasteiger charge is -2.38. The Morgan fingerprint density at radius 1 is 1.33 bits per heavy atom. The van der Waals surface area contributed by atoms with Crippen molar-refractivity contribution in [3.8, 4) is 0 Å². The molecule has 0 aromatic heterocycles. The smallest absolute Gasteiger partial charge is 0.323 e. The summed E-state index contributed by atoms with van der Waals surface area (Å²) in [7, 11) is -3.19. The minimum absolute atomic E-state index is 0.0355. The third-order valence-electron chi connectivity index (χ3n) is 4.41. The number of ether oxygens (including phenoxy) is 1. The summed E-state index contributed by atoms with van der Waals surface area (Å²) in [5, 5.41) is 2.96. The van der Waals surface area contributed by atoms with Crippen LogP contribution in [0, 0.1) is 5.92 Å². The van der Waals surface area contributed by atoms with E-state index in [2.05, 4.69) is 5.32 Å². The van der Waals surface area contributed by atoms with Gasteiger partial charge in [0.2, 0.25) is 10.0 Å². The van der Waals surface area contributed by atoms with E-state index in [1.165, 1.54) is 0 Å². The average molecular weight is 318 g/mol. The fourth-order valence-electron chi connectivity index (χ4n) is 3.04. The summed E-state index contributed by atoms with van der Waals surface area (Å²) >= 11 is 0. The SMILES string of the molecule is CC(C)S(=O)(=O)N1CC[C@H](N[C@H]2C[C@@H](C)OC2=O)[C@@H](C)C1. The molecule has 6 nitrogen and oxygen atoms in total. The first-order chi connectivity index (χ1) is 9.71. The molecular weight excluding hydrogens is 292 g/mol. The molecule has 21 heavy (non-hydrogen) atoms. The number of sulfonamides is 1. The maximum Gasteiger partial charge on any atom is 0.323 e. The minimum atomic E-state index is -3.19. The number of esters is 1. The van der Waals surface area contributed by atoms with Crippen LogP contribution in [0.2, 0.25) is 0 Å². The molecule has 0 spiro atoms. The van der Waals surface area contributed by atoms with Gasteiger partial charge in [0, 0.05) is 25.6 Å². The second kappa shape index (κ2) is 6.22. The molecule has 2 aliphatic heterocycles. The Hall–Kier alpha value is -0.660. The molecule has 2 rings (SSSR count). The van der Waals surface area contributed by atoms with Gasteiger partial charge in [0.1, 0.15) is 12.1 Å². The normalized spacial score (nSPS) is 35.2. The predicted molar refractivity (Wildman–Crippen MR) is 80.3 cm³/mol. The van der Waals surface area contributed by atoms with Gasteiger partial charge in [0.15, 0.2) is 0 Å². The molecule has 0 unspecified atom stereocenters. The van der Waals surface area contributed by atoms with Crippen LogP contribution in [-0.2, 0) is 19.6 Å². The van der Waals surface area contributed by atoms with Crippen molar-refractivity contribution < 1.29 is 17.9 Å². The maximum absolute atomic E-state index is 12.2. The highest BCUT2D eigenvalue weighted by Gasteiger charge is 2.38. The van der Waals surface area contributed by atoms with E-state index >= 15 is 0 Å². The molecule has 2 heterocycles. The number of carbonyl (C=O) groups is 1. The van der Waals surface area contributed by atoms with E-state index in [4.69, 9.17) is 4.74 Å². The van der Waals surface area contributed by atoms with Crippen molar-refractivity contribution in [2.24, 2.45) is 5.92 Å². The minimum Gasteiger partial charge on any atom is -0.461 e. The molecule has 7 heteroatoms. The van der Waals surface area contributed by atoms with Crippen LogP contribution >= 0.6 is 0 Å². The fourth-order valence-corrected chi connectivity index (χ4v) is 4.43. The number of carbonyl (C=O) groups excluding carboxylic acids is 1. The van der Waals surface area contributed by atoms with Gasteiger partial charge in [-0.1, -0.05) is 6.92 Å². The van der Waals surface area contributed by atoms with Crippen LogP contribution in [-0.4, -0.2) is 55.2 Å². The number of piperidine rings is 1. The molecule has 0 aromatic carbocycles. The van der Waals surface area contributed by atoms with Gasteiger partial charge in [-0.05, 0) is 33.1 Å². The van der Waals surface area contributed by atoms with Gasteiger partial charge in [-0.2, -0.15) is 0 Å². The van der Waals surface area contributed by atoms with E-state index in [0.29, 0.717) is 19.5 Å². The Morgan fingerprint density at radius 3 is 2.48 bits per heavy atom. The van der Waals surface area contributed by atoms with Crippen molar-refractivity contribution in [2.75, 3.05) is 13.1 Å². The topological polar surface area (TPSA) is 75.7 Å². The molecule has 0 aromatic rings. The number of hydrogen-bond acceptors (Lipinski definition) is 5. The number of rotatable bonds is 4. The van der Waals surface area contributed by atoms with Crippen molar-refractivity contribution in [2.45, 2.75) is 64.0 Å². The second-order valence-electron chi connectivity index (χ2n) is 6.53. The van der Waals surface area contributed by atoms with E-state index < -0.39 is 10.0 Å². The molecule has 4 atom stereocenters. The summed E-state index contributed by atoms with van der Waals surface area (Å²) in [6.07, 6.45) is 1.38. The Kier molecular flexibility index (Phi) is 4.95. The number of nitrogens with zero attached hydrogens (tertiary/aromatic N) is 1. The molecule has 0 saturated carbocycles. The van der Waals surface area contributed by atoms with Crippen molar-refractivity contribution in [1.29, 1.82) is 0 Å². The van der Waals surface area contributed by atoms with E-state index in [1.54, 1.807) is 18.2 Å². The monoisotopic (exact) mass is 318 g/mol. The zero-order valence-corrected chi connectivity index (χ0v) is 14.0. The molecule has 2 fully saturated rings. The molecular formula is C14H26N2O4S. The fraction of sp³-hybridized carbons (Fsp3) is 0.929. The lowest BCUT2D eigenvalue weighted by Crippen LogP contribution is -2.54. The van der Waals surface area contributed by atoms with E-state index in [0.717, 1.165) is 6.42 Å². The first kappa shape index (κ1) is 16.7. The van der Waals surface area contributed by atoms with Crippen LogP contribution in [0.1, 0.15) is 40.5 Å². The molecule has 0 aliphatic carbocycles. The van der Waals surface area contributed by atoms with E-state index in [1.807, 2.05) is 13.8 Å². The number of cyclic esters (lactones) is 1. The van der Waals surface area contributed by atoms with Crippen LogP contribution in [0.4, 0.5) is 0 Å². The zero-order valence-electron chi connectivity index (χ0n) is 13.2.